The maximum Gasteiger partial charge on any atom is 0.155 e. The quantitative estimate of drug-likeness (QED) is 0.604. The third-order valence-corrected chi connectivity index (χ3v) is 1.12. The molecule has 0 bridgehead atoms. The molecule has 0 amide bonds. The predicted molar refractivity (Wildman–Crippen MR) is 54.3 cm³/mol. The van der Waals surface area contributed by atoms with Crippen LogP contribution in [0.3, 0.4) is 0 Å². The van der Waals surface area contributed by atoms with E-state index >= 15 is 0 Å². The average molecular weight is 171 g/mol. The number of carbonyl (C=O) groups is 1. The zero-order valence-corrected chi connectivity index (χ0v) is 8.92. The molecule has 0 spiro atoms. The molecule has 0 unspecified atom stereocenters. The maximum atomic E-state index is 10.7. The molecule has 2 nitrogen and oxygen atoms in total. The van der Waals surface area contributed by atoms with E-state index in [-0.39, 0.29) is 5.78 Å². The van der Waals surface area contributed by atoms with Crippen molar-refractivity contribution >= 4 is 5.78 Å². The number of allylic oxidation sites excluding steroid dienone is 1. The summed E-state index contributed by atoms with van der Waals surface area (Å²) in [6, 6.07) is 0. The second-order valence-corrected chi connectivity index (χ2v) is 2.48. The van der Waals surface area contributed by atoms with Gasteiger partial charge in [0.15, 0.2) is 5.78 Å². The summed E-state index contributed by atoms with van der Waals surface area (Å²) in [5.41, 5.74) is 0. The van der Waals surface area contributed by atoms with E-state index in [0.29, 0.717) is 6.42 Å². The van der Waals surface area contributed by atoms with E-state index in [9.17, 15) is 4.79 Å². The minimum absolute atomic E-state index is 0.196. The molecule has 0 N–H and O–H groups in total. The molecule has 0 atom stereocenters. The lowest BCUT2D eigenvalue weighted by Crippen LogP contribution is -2.10. The van der Waals surface area contributed by atoms with Gasteiger partial charge in [-0.2, -0.15) is 0 Å². The molecule has 72 valence electrons. The highest BCUT2D eigenvalue weighted by Crippen LogP contribution is 1.83. The maximum absolute atomic E-state index is 10.7. The monoisotopic (exact) mass is 171 g/mol. The molecule has 0 aromatic rings. The van der Waals surface area contributed by atoms with Crippen molar-refractivity contribution in [1.29, 1.82) is 0 Å². The van der Waals surface area contributed by atoms with E-state index in [0.717, 1.165) is 6.54 Å². The predicted octanol–water partition coefficient (Wildman–Crippen LogP) is 2.11. The SMILES string of the molecule is CC.CCC(=O)/C=C/CN(C)C. The van der Waals surface area contributed by atoms with Crippen molar-refractivity contribution < 1.29 is 4.79 Å². The Morgan fingerprint density at radius 1 is 1.33 bits per heavy atom. The summed E-state index contributed by atoms with van der Waals surface area (Å²) in [5.74, 6) is 0.196. The molecule has 0 aromatic heterocycles. The lowest BCUT2D eigenvalue weighted by Gasteiger charge is -2.02. The van der Waals surface area contributed by atoms with Crippen LogP contribution in [0.25, 0.3) is 0 Å². The average Bonchev–Trinajstić information content (AvgIpc) is 2.07. The molecule has 12 heavy (non-hydrogen) atoms. The van der Waals surface area contributed by atoms with Crippen LogP contribution < -0.4 is 0 Å². The Morgan fingerprint density at radius 2 is 1.83 bits per heavy atom. The molecule has 0 saturated heterocycles. The van der Waals surface area contributed by atoms with Gasteiger partial charge < -0.3 is 4.90 Å². The standard InChI is InChI=1S/C8H15NO.C2H6/c1-4-8(10)6-5-7-9(2)3;1-2/h5-6H,4,7H2,1-3H3;1-2H3/b6-5+;. The van der Waals surface area contributed by atoms with Crippen LogP contribution >= 0.6 is 0 Å². The van der Waals surface area contributed by atoms with E-state index in [2.05, 4.69) is 0 Å². The molecular formula is C10H21NO. The smallest absolute Gasteiger partial charge is 0.155 e. The van der Waals surface area contributed by atoms with Gasteiger partial charge in [-0.05, 0) is 20.2 Å². The van der Waals surface area contributed by atoms with Gasteiger partial charge in [0, 0.05) is 13.0 Å². The second-order valence-electron chi connectivity index (χ2n) is 2.48. The van der Waals surface area contributed by atoms with E-state index in [4.69, 9.17) is 0 Å². The highest BCUT2D eigenvalue weighted by Gasteiger charge is 1.88. The molecular weight excluding hydrogens is 150 g/mol. The van der Waals surface area contributed by atoms with Crippen LogP contribution in [-0.2, 0) is 4.79 Å². The molecule has 0 heterocycles. The number of carbonyl (C=O) groups excluding carboxylic acids is 1. The van der Waals surface area contributed by atoms with Crippen LogP contribution in [-0.4, -0.2) is 31.3 Å². The van der Waals surface area contributed by atoms with Gasteiger partial charge in [0.2, 0.25) is 0 Å². The van der Waals surface area contributed by atoms with Gasteiger partial charge in [-0.25, -0.2) is 0 Å². The topological polar surface area (TPSA) is 20.3 Å². The second kappa shape index (κ2) is 10.4. The third kappa shape index (κ3) is 12.1. The van der Waals surface area contributed by atoms with Crippen LogP contribution in [0, 0.1) is 0 Å². The molecule has 0 rings (SSSR count). The van der Waals surface area contributed by atoms with E-state index in [1.807, 2.05) is 45.8 Å². The van der Waals surface area contributed by atoms with Crippen LogP contribution in [0.2, 0.25) is 0 Å². The Hall–Kier alpha value is -0.630. The fourth-order valence-electron chi connectivity index (χ4n) is 0.513. The summed E-state index contributed by atoms with van der Waals surface area (Å²) < 4.78 is 0. The molecule has 0 aromatic carbocycles. The van der Waals surface area contributed by atoms with Crippen molar-refractivity contribution in [2.75, 3.05) is 20.6 Å². The Bertz CT molecular complexity index is 128. The van der Waals surface area contributed by atoms with Gasteiger partial charge in [0.05, 0.1) is 0 Å². The van der Waals surface area contributed by atoms with E-state index < -0.39 is 0 Å². The van der Waals surface area contributed by atoms with Gasteiger partial charge >= 0.3 is 0 Å². The summed E-state index contributed by atoms with van der Waals surface area (Å²) in [6.45, 7) is 6.70. The number of nitrogens with zero attached hydrogens (tertiary/aromatic N) is 1. The van der Waals surface area contributed by atoms with Crippen molar-refractivity contribution in [3.8, 4) is 0 Å². The van der Waals surface area contributed by atoms with Crippen molar-refractivity contribution in [3.05, 3.63) is 12.2 Å². The van der Waals surface area contributed by atoms with Gasteiger partial charge in [0.25, 0.3) is 0 Å². The fraction of sp³-hybridized carbons (Fsp3) is 0.700. The molecule has 0 radical (unpaired) electrons. The van der Waals surface area contributed by atoms with Gasteiger partial charge in [-0.15, -0.1) is 0 Å². The minimum atomic E-state index is 0.196. The third-order valence-electron chi connectivity index (χ3n) is 1.12. The lowest BCUT2D eigenvalue weighted by atomic mass is 10.3. The lowest BCUT2D eigenvalue weighted by molar-refractivity contribution is -0.114. The van der Waals surface area contributed by atoms with Crippen molar-refractivity contribution in [2.45, 2.75) is 27.2 Å². The highest BCUT2D eigenvalue weighted by molar-refractivity contribution is 5.89. The molecule has 2 heteroatoms. The summed E-state index contributed by atoms with van der Waals surface area (Å²) in [5, 5.41) is 0. The van der Waals surface area contributed by atoms with Gasteiger partial charge in [0.1, 0.15) is 0 Å². The minimum Gasteiger partial charge on any atom is -0.306 e. The Balaban J connectivity index is 0. The van der Waals surface area contributed by atoms with Crippen molar-refractivity contribution in [1.82, 2.24) is 4.90 Å². The van der Waals surface area contributed by atoms with Crippen LogP contribution in [0.1, 0.15) is 27.2 Å². The molecule has 0 fully saturated rings. The first kappa shape index (κ1) is 13.9. The normalized spacial score (nSPS) is 9.83. The van der Waals surface area contributed by atoms with Crippen LogP contribution in [0.5, 0.6) is 0 Å². The van der Waals surface area contributed by atoms with Gasteiger partial charge in [-0.1, -0.05) is 26.8 Å². The Morgan fingerprint density at radius 3 is 2.17 bits per heavy atom. The number of hydrogen-bond acceptors (Lipinski definition) is 2. The van der Waals surface area contributed by atoms with E-state index in [1.54, 1.807) is 6.08 Å². The van der Waals surface area contributed by atoms with E-state index in [1.165, 1.54) is 0 Å². The Kier molecular flexibility index (Phi) is 12.0. The zero-order chi connectivity index (χ0) is 9.98. The first-order chi connectivity index (χ1) is 5.66. The Labute approximate surface area is 76.3 Å². The van der Waals surface area contributed by atoms with Crippen molar-refractivity contribution in [3.63, 3.8) is 0 Å². The molecule has 0 aliphatic carbocycles. The van der Waals surface area contributed by atoms with Crippen LogP contribution in [0.15, 0.2) is 12.2 Å². The summed E-state index contributed by atoms with van der Waals surface area (Å²) in [6.07, 6.45) is 4.12. The molecule has 0 aliphatic heterocycles. The first-order valence-corrected chi connectivity index (χ1v) is 4.51. The number of hydrogen-bond donors (Lipinski definition) is 0. The highest BCUT2D eigenvalue weighted by atomic mass is 16.1. The van der Waals surface area contributed by atoms with Crippen molar-refractivity contribution in [2.24, 2.45) is 0 Å². The number of ketones is 1. The number of rotatable bonds is 4. The number of likely N-dealkylation sites (N-methyl/N-ethyl adjacent to an activating group) is 1. The van der Waals surface area contributed by atoms with Gasteiger partial charge in [-0.3, -0.25) is 4.79 Å². The van der Waals surface area contributed by atoms with Crippen LogP contribution in [0.4, 0.5) is 0 Å². The summed E-state index contributed by atoms with van der Waals surface area (Å²) >= 11 is 0. The molecule has 0 aliphatic rings. The fourth-order valence-corrected chi connectivity index (χ4v) is 0.513. The summed E-state index contributed by atoms with van der Waals surface area (Å²) in [7, 11) is 3.95. The summed E-state index contributed by atoms with van der Waals surface area (Å²) in [4.78, 5) is 12.7. The molecule has 0 saturated carbocycles. The largest absolute Gasteiger partial charge is 0.306 e. The first-order valence-electron chi connectivity index (χ1n) is 4.51. The zero-order valence-electron chi connectivity index (χ0n) is 8.92.